The molecule has 0 aliphatic carbocycles. The average Bonchev–Trinajstić information content (AvgIpc) is 2.62. The first-order valence-electron chi connectivity index (χ1n) is 11.6. The Bertz CT molecular complexity index is 311. The van der Waals surface area contributed by atoms with Crippen LogP contribution in [0.1, 0.15) is 135 Å². The SMILES string of the molecule is CCCCCCCCCCCCCCC=CCCCCCCCC(=O)Cl. The molecule has 0 N–H and O–H groups in total. The number of hydrogen-bond acceptors (Lipinski definition) is 1. The van der Waals surface area contributed by atoms with E-state index < -0.39 is 0 Å². The molecule has 0 rings (SSSR count). The van der Waals surface area contributed by atoms with Gasteiger partial charge in [0.15, 0.2) is 0 Å². The van der Waals surface area contributed by atoms with Crippen molar-refractivity contribution < 1.29 is 4.79 Å². The minimum absolute atomic E-state index is 0.189. The molecule has 0 spiro atoms. The van der Waals surface area contributed by atoms with Crippen LogP contribution in [0.15, 0.2) is 12.2 Å². The first kappa shape index (κ1) is 25.7. The molecule has 2 heteroatoms. The zero-order chi connectivity index (χ0) is 19.1. The van der Waals surface area contributed by atoms with Crippen LogP contribution in [-0.2, 0) is 4.79 Å². The van der Waals surface area contributed by atoms with E-state index in [2.05, 4.69) is 19.1 Å². The molecule has 0 radical (unpaired) electrons. The van der Waals surface area contributed by atoms with Gasteiger partial charge in [0.05, 0.1) is 0 Å². The van der Waals surface area contributed by atoms with Gasteiger partial charge in [0.25, 0.3) is 0 Å². The molecule has 1 nitrogen and oxygen atoms in total. The van der Waals surface area contributed by atoms with E-state index in [-0.39, 0.29) is 5.24 Å². The van der Waals surface area contributed by atoms with Gasteiger partial charge in [-0.25, -0.2) is 0 Å². The van der Waals surface area contributed by atoms with Crippen molar-refractivity contribution in [1.82, 2.24) is 0 Å². The fourth-order valence-corrected chi connectivity index (χ4v) is 3.53. The van der Waals surface area contributed by atoms with Crippen LogP contribution in [0, 0.1) is 0 Å². The predicted octanol–water partition coefficient (Wildman–Crippen LogP) is 9.13. The molecule has 0 fully saturated rings. The summed E-state index contributed by atoms with van der Waals surface area (Å²) in [5.74, 6) is 0. The van der Waals surface area contributed by atoms with E-state index in [1.165, 1.54) is 109 Å². The minimum atomic E-state index is -0.189. The van der Waals surface area contributed by atoms with E-state index in [1.807, 2.05) is 0 Å². The van der Waals surface area contributed by atoms with Gasteiger partial charge in [-0.2, -0.15) is 0 Å². The summed E-state index contributed by atoms with van der Waals surface area (Å²) in [4.78, 5) is 10.6. The number of unbranched alkanes of at least 4 members (excludes halogenated alkanes) is 17. The maximum absolute atomic E-state index is 10.6. The van der Waals surface area contributed by atoms with Crippen LogP contribution < -0.4 is 0 Å². The van der Waals surface area contributed by atoms with Crippen molar-refractivity contribution in [2.24, 2.45) is 0 Å². The third-order valence-corrected chi connectivity index (χ3v) is 5.32. The molecule has 0 aromatic carbocycles. The molecule has 154 valence electrons. The van der Waals surface area contributed by atoms with Crippen LogP contribution in [0.4, 0.5) is 0 Å². The summed E-state index contributed by atoms with van der Waals surface area (Å²) in [7, 11) is 0. The van der Waals surface area contributed by atoms with E-state index in [0.717, 1.165) is 12.8 Å². The highest BCUT2D eigenvalue weighted by Gasteiger charge is 1.96. The highest BCUT2D eigenvalue weighted by molar-refractivity contribution is 6.63. The second-order valence-electron chi connectivity index (χ2n) is 7.81. The van der Waals surface area contributed by atoms with Gasteiger partial charge in [-0.3, -0.25) is 4.79 Å². The smallest absolute Gasteiger partial charge is 0.221 e. The van der Waals surface area contributed by atoms with E-state index in [1.54, 1.807) is 0 Å². The van der Waals surface area contributed by atoms with Gasteiger partial charge >= 0.3 is 0 Å². The Hall–Kier alpha value is -0.300. The van der Waals surface area contributed by atoms with Crippen LogP contribution in [0.5, 0.6) is 0 Å². The molecule has 0 aliphatic heterocycles. The largest absolute Gasteiger partial charge is 0.281 e. The van der Waals surface area contributed by atoms with Gasteiger partial charge in [0.1, 0.15) is 0 Å². The van der Waals surface area contributed by atoms with Crippen LogP contribution in [0.3, 0.4) is 0 Å². The van der Waals surface area contributed by atoms with Crippen LogP contribution in [0.25, 0.3) is 0 Å². The first-order valence-corrected chi connectivity index (χ1v) is 12.0. The molecule has 0 unspecified atom stereocenters. The Balaban J connectivity index is 3.07. The van der Waals surface area contributed by atoms with Crippen LogP contribution in [0.2, 0.25) is 0 Å². The molecule has 0 aromatic rings. The van der Waals surface area contributed by atoms with Gasteiger partial charge in [0.2, 0.25) is 5.24 Å². The zero-order valence-corrected chi connectivity index (χ0v) is 18.3. The lowest BCUT2D eigenvalue weighted by Gasteiger charge is -2.02. The summed E-state index contributed by atoms with van der Waals surface area (Å²) in [6.45, 7) is 2.29. The fraction of sp³-hybridized carbons (Fsp3) is 0.875. The third-order valence-electron chi connectivity index (χ3n) is 5.14. The Morgan fingerprint density at radius 1 is 0.577 bits per heavy atom. The fourth-order valence-electron chi connectivity index (χ4n) is 3.40. The number of carbonyl (C=O) groups excluding carboxylic acids is 1. The molecule has 0 saturated heterocycles. The molecule has 26 heavy (non-hydrogen) atoms. The third kappa shape index (κ3) is 23.7. The van der Waals surface area contributed by atoms with Crippen molar-refractivity contribution in [2.45, 2.75) is 135 Å². The van der Waals surface area contributed by atoms with Crippen molar-refractivity contribution in [3.8, 4) is 0 Å². The quantitative estimate of drug-likeness (QED) is 0.109. The maximum atomic E-state index is 10.6. The molecular weight excluding hydrogens is 340 g/mol. The van der Waals surface area contributed by atoms with E-state index in [0.29, 0.717) is 6.42 Å². The number of rotatable bonds is 21. The minimum Gasteiger partial charge on any atom is -0.281 e. The predicted molar refractivity (Wildman–Crippen MR) is 118 cm³/mol. The van der Waals surface area contributed by atoms with Gasteiger partial charge in [-0.1, -0.05) is 109 Å². The number of allylic oxidation sites excluding steroid dienone is 2. The van der Waals surface area contributed by atoms with Crippen molar-refractivity contribution in [1.29, 1.82) is 0 Å². The van der Waals surface area contributed by atoms with Crippen molar-refractivity contribution in [2.75, 3.05) is 0 Å². The summed E-state index contributed by atoms with van der Waals surface area (Å²) in [5.41, 5.74) is 0. The monoisotopic (exact) mass is 384 g/mol. The average molecular weight is 385 g/mol. The second-order valence-corrected chi connectivity index (χ2v) is 8.23. The number of hydrogen-bond donors (Lipinski definition) is 0. The molecule has 0 atom stereocenters. The molecule has 0 heterocycles. The second kappa shape index (κ2) is 22.7. The lowest BCUT2D eigenvalue weighted by Crippen LogP contribution is -1.86. The van der Waals surface area contributed by atoms with Gasteiger partial charge in [0, 0.05) is 6.42 Å². The lowest BCUT2D eigenvalue weighted by atomic mass is 10.0. The summed E-state index contributed by atoms with van der Waals surface area (Å²) in [6, 6.07) is 0. The molecular formula is C24H45ClO. The van der Waals surface area contributed by atoms with Crippen LogP contribution in [-0.4, -0.2) is 5.24 Å². The number of halogens is 1. The highest BCUT2D eigenvalue weighted by Crippen LogP contribution is 2.13. The standard InChI is InChI=1S/C24H45ClO/c1-2-3-4-5-6-7-8-9-10-11-12-13-14-15-16-17-18-19-20-21-22-23-24(25)26/h15-16H,2-14,17-23H2,1H3. The van der Waals surface area contributed by atoms with Crippen molar-refractivity contribution in [3.63, 3.8) is 0 Å². The Labute approximate surface area is 169 Å². The van der Waals surface area contributed by atoms with Gasteiger partial charge < -0.3 is 0 Å². The summed E-state index contributed by atoms with van der Waals surface area (Å²) in [6.07, 6.45) is 30.8. The van der Waals surface area contributed by atoms with Crippen molar-refractivity contribution >= 4 is 16.8 Å². The zero-order valence-electron chi connectivity index (χ0n) is 17.6. The molecule has 0 aliphatic rings. The van der Waals surface area contributed by atoms with Gasteiger partial charge in [-0.15, -0.1) is 0 Å². The molecule has 0 bridgehead atoms. The Morgan fingerprint density at radius 2 is 0.923 bits per heavy atom. The van der Waals surface area contributed by atoms with E-state index in [4.69, 9.17) is 11.6 Å². The van der Waals surface area contributed by atoms with Crippen molar-refractivity contribution in [3.05, 3.63) is 12.2 Å². The first-order chi connectivity index (χ1) is 12.8. The summed E-state index contributed by atoms with van der Waals surface area (Å²) < 4.78 is 0. The van der Waals surface area contributed by atoms with Crippen LogP contribution >= 0.6 is 11.6 Å². The lowest BCUT2D eigenvalue weighted by molar-refractivity contribution is -0.111. The van der Waals surface area contributed by atoms with E-state index >= 15 is 0 Å². The van der Waals surface area contributed by atoms with Gasteiger partial charge in [-0.05, 0) is 43.7 Å². The summed E-state index contributed by atoms with van der Waals surface area (Å²) >= 11 is 5.32. The Kier molecular flexibility index (Phi) is 22.5. The number of carbonyl (C=O) groups is 1. The molecule has 0 saturated carbocycles. The van der Waals surface area contributed by atoms with E-state index in [9.17, 15) is 4.79 Å². The highest BCUT2D eigenvalue weighted by atomic mass is 35.5. The normalized spacial score (nSPS) is 11.5. The molecule has 0 aromatic heterocycles. The Morgan fingerprint density at radius 3 is 1.31 bits per heavy atom. The molecule has 0 amide bonds. The maximum Gasteiger partial charge on any atom is 0.221 e. The summed E-state index contributed by atoms with van der Waals surface area (Å²) in [5, 5.41) is -0.189. The topological polar surface area (TPSA) is 17.1 Å².